The molecule has 2 rings (SSSR count). The van der Waals surface area contributed by atoms with Crippen LogP contribution in [0, 0.1) is 0 Å². The summed E-state index contributed by atoms with van der Waals surface area (Å²) in [6.45, 7) is 4.81. The van der Waals surface area contributed by atoms with Gasteiger partial charge in [0.1, 0.15) is 5.75 Å². The molecule has 0 saturated carbocycles. The highest BCUT2D eigenvalue weighted by Crippen LogP contribution is 2.15. The number of tetrazole rings is 1. The van der Waals surface area contributed by atoms with Gasteiger partial charge in [0.25, 0.3) is 0 Å². The fourth-order valence-electron chi connectivity index (χ4n) is 2.18. The van der Waals surface area contributed by atoms with Gasteiger partial charge in [0, 0.05) is 13.1 Å². The molecule has 0 aliphatic heterocycles. The first-order valence-electron chi connectivity index (χ1n) is 8.59. The van der Waals surface area contributed by atoms with Crippen molar-refractivity contribution in [1.82, 2.24) is 24.9 Å². The van der Waals surface area contributed by atoms with Crippen molar-refractivity contribution in [2.24, 2.45) is 0 Å². The van der Waals surface area contributed by atoms with Crippen LogP contribution in [0.1, 0.15) is 32.5 Å². The molecule has 10 nitrogen and oxygen atoms in total. The number of benzene rings is 1. The number of carbonyl (C=O) groups excluding carboxylic acids is 1. The molecule has 11 heteroatoms. The normalized spacial score (nSPS) is 11.3. The summed E-state index contributed by atoms with van der Waals surface area (Å²) in [7, 11) is -3.71. The molecule has 1 heterocycles. The summed E-state index contributed by atoms with van der Waals surface area (Å²) in [6, 6.07) is 6.04. The number of nitrogens with zero attached hydrogens (tertiary/aromatic N) is 4. The predicted molar refractivity (Wildman–Crippen MR) is 95.3 cm³/mol. The summed E-state index contributed by atoms with van der Waals surface area (Å²) in [5, 5.41) is 11.1. The number of carbonyl (C=O) groups is 1. The Morgan fingerprint density at radius 2 is 1.96 bits per heavy atom. The predicted octanol–water partition coefficient (Wildman–Crippen LogP) is 0.894. The van der Waals surface area contributed by atoms with E-state index in [1.54, 1.807) is 16.8 Å². The van der Waals surface area contributed by atoms with E-state index in [-0.39, 0.29) is 24.5 Å². The Morgan fingerprint density at radius 1 is 1.22 bits per heavy atom. The molecule has 0 spiro atoms. The summed E-state index contributed by atoms with van der Waals surface area (Å²) in [5.74, 6) is 0.487. The number of aromatic nitrogens is 4. The van der Waals surface area contributed by atoms with Crippen LogP contribution in [0.25, 0.3) is 0 Å². The number of hydrogen-bond donors (Lipinski definition) is 1. The van der Waals surface area contributed by atoms with Crippen molar-refractivity contribution in [3.8, 4) is 5.75 Å². The summed E-state index contributed by atoms with van der Waals surface area (Å²) in [5.41, 5.74) is 0. The fourth-order valence-corrected chi connectivity index (χ4v) is 3.21. The van der Waals surface area contributed by atoms with Crippen molar-refractivity contribution < 1.29 is 22.7 Å². The smallest absolute Gasteiger partial charge is 0.307 e. The molecule has 1 aromatic carbocycles. The summed E-state index contributed by atoms with van der Waals surface area (Å²) in [6.07, 6.45) is 0.741. The zero-order chi connectivity index (χ0) is 19.7. The number of rotatable bonds is 11. The van der Waals surface area contributed by atoms with E-state index in [1.165, 1.54) is 12.1 Å². The highest BCUT2D eigenvalue weighted by atomic mass is 32.2. The quantitative estimate of drug-likeness (QED) is 0.554. The van der Waals surface area contributed by atoms with Crippen molar-refractivity contribution >= 4 is 16.0 Å². The van der Waals surface area contributed by atoms with Gasteiger partial charge in [-0.1, -0.05) is 6.92 Å². The molecule has 1 aromatic heterocycles. The van der Waals surface area contributed by atoms with Gasteiger partial charge in [0.2, 0.25) is 10.0 Å². The third-order valence-electron chi connectivity index (χ3n) is 3.47. The SMILES string of the molecule is CCCn1nnnc1COC(=O)CCNS(=O)(=O)c1ccc(OCC)cc1. The third kappa shape index (κ3) is 6.29. The average molecular weight is 397 g/mol. The van der Waals surface area contributed by atoms with Gasteiger partial charge in [-0.25, -0.2) is 17.8 Å². The Kier molecular flexibility index (Phi) is 7.67. The van der Waals surface area contributed by atoms with Crippen molar-refractivity contribution in [3.63, 3.8) is 0 Å². The van der Waals surface area contributed by atoms with E-state index in [2.05, 4.69) is 20.2 Å². The average Bonchev–Trinajstić information content (AvgIpc) is 3.08. The van der Waals surface area contributed by atoms with Crippen molar-refractivity contribution in [3.05, 3.63) is 30.1 Å². The number of esters is 1. The Labute approximate surface area is 157 Å². The lowest BCUT2D eigenvalue weighted by molar-refractivity contribution is -0.145. The van der Waals surface area contributed by atoms with Gasteiger partial charge < -0.3 is 9.47 Å². The van der Waals surface area contributed by atoms with Crippen molar-refractivity contribution in [1.29, 1.82) is 0 Å². The maximum Gasteiger partial charge on any atom is 0.307 e. The summed E-state index contributed by atoms with van der Waals surface area (Å²) in [4.78, 5) is 11.9. The molecule has 148 valence electrons. The number of hydrogen-bond acceptors (Lipinski definition) is 8. The molecule has 0 atom stereocenters. The maximum absolute atomic E-state index is 12.2. The van der Waals surface area contributed by atoms with Crippen LogP contribution in [0.3, 0.4) is 0 Å². The molecular weight excluding hydrogens is 374 g/mol. The van der Waals surface area contributed by atoms with E-state index in [0.717, 1.165) is 6.42 Å². The van der Waals surface area contributed by atoms with Crippen LogP contribution in [0.4, 0.5) is 0 Å². The van der Waals surface area contributed by atoms with Gasteiger partial charge in [-0.05, 0) is 48.0 Å². The van der Waals surface area contributed by atoms with E-state index in [0.29, 0.717) is 24.7 Å². The topological polar surface area (TPSA) is 125 Å². The van der Waals surface area contributed by atoms with Crippen LogP contribution in [-0.4, -0.2) is 47.7 Å². The van der Waals surface area contributed by atoms with Crippen LogP contribution in [0.5, 0.6) is 5.75 Å². The first-order chi connectivity index (χ1) is 13.0. The third-order valence-corrected chi connectivity index (χ3v) is 4.95. The number of sulfonamides is 1. The molecule has 27 heavy (non-hydrogen) atoms. The molecule has 0 bridgehead atoms. The Bertz CT molecular complexity index is 835. The Balaban J connectivity index is 1.78. The minimum Gasteiger partial charge on any atom is -0.494 e. The second-order valence-electron chi connectivity index (χ2n) is 5.53. The van der Waals surface area contributed by atoms with Crippen molar-refractivity contribution in [2.75, 3.05) is 13.2 Å². The van der Waals surface area contributed by atoms with Crippen molar-refractivity contribution in [2.45, 2.75) is 44.7 Å². The van der Waals surface area contributed by atoms with E-state index in [9.17, 15) is 13.2 Å². The zero-order valence-corrected chi connectivity index (χ0v) is 16.1. The molecule has 1 N–H and O–H groups in total. The van der Waals surface area contributed by atoms with Gasteiger partial charge in [-0.3, -0.25) is 4.79 Å². The number of nitrogens with one attached hydrogen (secondary N) is 1. The molecule has 0 saturated heterocycles. The highest BCUT2D eigenvalue weighted by Gasteiger charge is 2.15. The lowest BCUT2D eigenvalue weighted by Crippen LogP contribution is -2.26. The van der Waals surface area contributed by atoms with Gasteiger partial charge >= 0.3 is 5.97 Å². The summed E-state index contributed by atoms with van der Waals surface area (Å²) < 4.78 is 38.7. The van der Waals surface area contributed by atoms with Crippen LogP contribution < -0.4 is 9.46 Å². The van der Waals surface area contributed by atoms with Gasteiger partial charge in [-0.15, -0.1) is 5.10 Å². The van der Waals surface area contributed by atoms with E-state index >= 15 is 0 Å². The van der Waals surface area contributed by atoms with E-state index in [1.807, 2.05) is 13.8 Å². The molecule has 0 radical (unpaired) electrons. The maximum atomic E-state index is 12.2. The van der Waals surface area contributed by atoms with Gasteiger partial charge in [0.05, 0.1) is 17.9 Å². The second-order valence-corrected chi connectivity index (χ2v) is 7.30. The minimum absolute atomic E-state index is 0.0581. The van der Waals surface area contributed by atoms with Crippen LogP contribution in [0.15, 0.2) is 29.2 Å². The zero-order valence-electron chi connectivity index (χ0n) is 15.3. The second kappa shape index (κ2) is 9.97. The largest absolute Gasteiger partial charge is 0.494 e. The van der Waals surface area contributed by atoms with E-state index < -0.39 is 16.0 Å². The van der Waals surface area contributed by atoms with Crippen LogP contribution >= 0.6 is 0 Å². The molecule has 0 aliphatic carbocycles. The molecular formula is C16H23N5O5S. The van der Waals surface area contributed by atoms with Gasteiger partial charge in [0.15, 0.2) is 12.4 Å². The number of ether oxygens (including phenoxy) is 2. The van der Waals surface area contributed by atoms with E-state index in [4.69, 9.17) is 9.47 Å². The lowest BCUT2D eigenvalue weighted by atomic mass is 10.3. The molecule has 0 aliphatic rings. The number of aryl methyl sites for hydroxylation is 1. The van der Waals surface area contributed by atoms with Gasteiger partial charge in [-0.2, -0.15) is 0 Å². The lowest BCUT2D eigenvalue weighted by Gasteiger charge is -2.08. The molecule has 0 amide bonds. The standard InChI is InChI=1S/C16H23N5O5S/c1-3-11-21-15(18-19-20-21)12-26-16(22)9-10-17-27(23,24)14-7-5-13(6-8-14)25-4-2/h5-8,17H,3-4,9-12H2,1-2H3. The first kappa shape index (κ1) is 20.8. The Morgan fingerprint density at radius 3 is 2.63 bits per heavy atom. The molecule has 0 fully saturated rings. The Hall–Kier alpha value is -2.53. The monoisotopic (exact) mass is 397 g/mol. The molecule has 2 aromatic rings. The highest BCUT2D eigenvalue weighted by molar-refractivity contribution is 7.89. The summed E-state index contributed by atoms with van der Waals surface area (Å²) >= 11 is 0. The first-order valence-corrected chi connectivity index (χ1v) is 10.1. The molecule has 0 unspecified atom stereocenters. The fraction of sp³-hybridized carbons (Fsp3) is 0.500. The minimum atomic E-state index is -3.71. The van der Waals surface area contributed by atoms with Crippen LogP contribution in [-0.2, 0) is 32.7 Å². The van der Waals surface area contributed by atoms with Crippen LogP contribution in [0.2, 0.25) is 0 Å².